The van der Waals surface area contributed by atoms with Gasteiger partial charge < -0.3 is 0 Å². The van der Waals surface area contributed by atoms with Crippen LogP contribution in [0.1, 0.15) is 0 Å². The fourth-order valence-electron chi connectivity index (χ4n) is 8.06. The summed E-state index contributed by atoms with van der Waals surface area (Å²) in [6.07, 6.45) is 0. The van der Waals surface area contributed by atoms with Gasteiger partial charge in [0.05, 0.1) is 0 Å². The van der Waals surface area contributed by atoms with Gasteiger partial charge in [-0.3, -0.25) is 0 Å². The summed E-state index contributed by atoms with van der Waals surface area (Å²) >= 11 is 0. The molecule has 0 amide bonds. The van der Waals surface area contributed by atoms with Crippen LogP contribution in [0, 0.1) is 0 Å². The lowest BCUT2D eigenvalue weighted by Gasteiger charge is -2.64. The molecule has 0 saturated heterocycles. The van der Waals surface area contributed by atoms with Crippen molar-refractivity contribution in [2.45, 2.75) is 126 Å². The third-order valence-electron chi connectivity index (χ3n) is 7.19. The van der Waals surface area contributed by atoms with Gasteiger partial charge >= 0.3 is 0 Å². The van der Waals surface area contributed by atoms with Crippen LogP contribution < -0.4 is 0 Å². The average Bonchev–Trinajstić information content (AvgIpc) is 2.23. The maximum Gasteiger partial charge on any atom is 0.0419 e. The quantitative estimate of drug-likeness (QED) is 0.272. The van der Waals surface area contributed by atoms with E-state index in [9.17, 15) is 0 Å². The van der Waals surface area contributed by atoms with Gasteiger partial charge in [-0.1, -0.05) is 126 Å². The van der Waals surface area contributed by atoms with Gasteiger partial charge in [-0.15, -0.1) is 0 Å². The Balaban J connectivity index is 6.89. The first-order valence-corrected chi connectivity index (χ1v) is 35.2. The summed E-state index contributed by atoms with van der Waals surface area (Å²) in [7, 11) is -5.30. The SMILES string of the molecule is C[Si](C)(C)C([Si][Si]C([Si](C)(C)C)([Si](C)(C)C)[Si](C)(C)C)([Si](C)(C)C)[Si](C)(C)C. The summed E-state index contributed by atoms with van der Waals surface area (Å²) in [6.45, 7) is 49.3. The first kappa shape index (κ1) is 29.7. The van der Waals surface area contributed by atoms with Gasteiger partial charge in [0.15, 0.2) is 0 Å². The fourth-order valence-corrected chi connectivity index (χ4v) is 96.2. The normalized spacial score (nSPS) is 16.5. The van der Waals surface area contributed by atoms with E-state index in [1.807, 2.05) is 0 Å². The minimum Gasteiger partial charge on any atom is -0.0698 e. The van der Waals surface area contributed by atoms with Crippen molar-refractivity contribution in [3.63, 3.8) is 0 Å². The minimum absolute atomic E-state index is 0.746. The Morgan fingerprint density at radius 1 is 0.286 bits per heavy atom. The van der Waals surface area contributed by atoms with E-state index in [0.29, 0.717) is 0 Å². The third kappa shape index (κ3) is 5.04. The topological polar surface area (TPSA) is 0 Å². The molecule has 0 bridgehead atoms. The molecule has 166 valence electrons. The molecule has 0 nitrogen and oxygen atoms in total. The summed E-state index contributed by atoms with van der Waals surface area (Å²) in [5.41, 5.74) is 0. The van der Waals surface area contributed by atoms with E-state index in [0.717, 1.165) is 7.82 Å². The zero-order valence-corrected chi connectivity index (χ0v) is 31.0. The second-order valence-corrected chi connectivity index (χ2v) is 56.2. The summed E-state index contributed by atoms with van der Waals surface area (Å²) in [5, 5.41) is 0. The number of rotatable bonds is 9. The molecular formula is C20H54Si8. The molecule has 0 aromatic heterocycles. The largest absolute Gasteiger partial charge is 0.0698 e. The zero-order chi connectivity index (χ0) is 23.4. The molecule has 8 heteroatoms. The number of hydrogen-bond acceptors (Lipinski definition) is 0. The van der Waals surface area contributed by atoms with Crippen LogP contribution in [0.3, 0.4) is 0 Å². The fraction of sp³-hybridized carbons (Fsp3) is 1.00. The van der Waals surface area contributed by atoms with E-state index in [4.69, 9.17) is 0 Å². The van der Waals surface area contributed by atoms with Crippen molar-refractivity contribution in [3.8, 4) is 0 Å². The Bertz CT molecular complexity index is 405. The smallest absolute Gasteiger partial charge is 0.0419 e. The van der Waals surface area contributed by atoms with Crippen LogP contribution >= 0.6 is 0 Å². The Kier molecular flexibility index (Phi) is 8.77. The molecular weight excluding hydrogens is 465 g/mol. The Morgan fingerprint density at radius 2 is 0.393 bits per heavy atom. The summed E-state index contributed by atoms with van der Waals surface area (Å²) < 4.78 is 1.49. The molecule has 0 aliphatic carbocycles. The second kappa shape index (κ2) is 8.26. The molecule has 0 fully saturated rings. The van der Waals surface area contributed by atoms with Gasteiger partial charge in [0.25, 0.3) is 0 Å². The van der Waals surface area contributed by atoms with E-state index in [2.05, 4.69) is 118 Å². The third-order valence-corrected chi connectivity index (χ3v) is 71.4. The van der Waals surface area contributed by atoms with Crippen LogP contribution in [-0.4, -0.2) is 66.5 Å². The molecule has 0 saturated carbocycles. The predicted molar refractivity (Wildman–Crippen MR) is 157 cm³/mol. The second-order valence-electron chi connectivity index (χ2n) is 15.2. The summed E-state index contributed by atoms with van der Waals surface area (Å²) in [5.74, 6) is 0. The van der Waals surface area contributed by atoms with Gasteiger partial charge in [0.1, 0.15) is 0 Å². The highest BCUT2D eigenvalue weighted by Crippen LogP contribution is 2.57. The van der Waals surface area contributed by atoms with Gasteiger partial charge in [-0.2, -0.15) is 0 Å². The molecule has 0 rings (SSSR count). The van der Waals surface area contributed by atoms with Crippen molar-refractivity contribution in [1.82, 2.24) is 0 Å². The van der Waals surface area contributed by atoms with Gasteiger partial charge in [0.2, 0.25) is 0 Å². The molecule has 4 radical (unpaired) electrons. The minimum atomic E-state index is -1.30. The number of hydrogen-bond donors (Lipinski definition) is 0. The van der Waals surface area contributed by atoms with Crippen LogP contribution in [-0.2, 0) is 0 Å². The Morgan fingerprint density at radius 3 is 0.464 bits per heavy atom. The first-order chi connectivity index (χ1) is 11.7. The van der Waals surface area contributed by atoms with E-state index < -0.39 is 48.4 Å². The lowest BCUT2D eigenvalue weighted by Crippen LogP contribution is -2.74. The lowest BCUT2D eigenvalue weighted by atomic mass is 11.6. The van der Waals surface area contributed by atoms with Gasteiger partial charge in [-0.05, 0) is 0 Å². The van der Waals surface area contributed by atoms with E-state index in [1.54, 1.807) is 0 Å². The average molecular weight is 519 g/mol. The van der Waals surface area contributed by atoms with Crippen molar-refractivity contribution in [2.24, 2.45) is 0 Å². The molecule has 0 unspecified atom stereocenters. The summed E-state index contributed by atoms with van der Waals surface area (Å²) in [6, 6.07) is 0. The highest BCUT2D eigenvalue weighted by atomic mass is 29.2. The highest BCUT2D eigenvalue weighted by Gasteiger charge is 2.64. The van der Waals surface area contributed by atoms with Crippen molar-refractivity contribution >= 4 is 66.5 Å². The van der Waals surface area contributed by atoms with Crippen molar-refractivity contribution in [3.05, 3.63) is 0 Å². The first-order valence-electron chi connectivity index (χ1n) is 11.2. The molecule has 0 atom stereocenters. The molecule has 0 aliphatic heterocycles. The standard InChI is InChI=1S/C20H54Si8/c1-23(2,3)19(24(4,5)6,25(7,8)9)21-22-20(26(10,11)12,27(13,14)15)28(16,17)18/h1-18H3. The molecule has 0 aliphatic rings. The van der Waals surface area contributed by atoms with E-state index in [1.165, 1.54) is 18.1 Å². The lowest BCUT2D eigenvalue weighted by molar-refractivity contribution is 1.22. The molecule has 0 spiro atoms. The predicted octanol–water partition coefficient (Wildman–Crippen LogP) is 7.89. The van der Waals surface area contributed by atoms with Crippen LogP contribution in [0.25, 0.3) is 0 Å². The van der Waals surface area contributed by atoms with Crippen molar-refractivity contribution in [1.29, 1.82) is 0 Å². The van der Waals surface area contributed by atoms with E-state index >= 15 is 0 Å². The zero-order valence-electron chi connectivity index (χ0n) is 23.0. The van der Waals surface area contributed by atoms with Crippen molar-refractivity contribution in [2.75, 3.05) is 0 Å². The van der Waals surface area contributed by atoms with Crippen LogP contribution in [0.15, 0.2) is 0 Å². The molecule has 0 aromatic rings. The maximum atomic E-state index is 2.74. The van der Waals surface area contributed by atoms with Crippen LogP contribution in [0.4, 0.5) is 0 Å². The maximum absolute atomic E-state index is 2.74. The summed E-state index contributed by atoms with van der Waals surface area (Å²) in [4.78, 5) is 0. The monoisotopic (exact) mass is 518 g/mol. The molecule has 0 aromatic carbocycles. The van der Waals surface area contributed by atoms with Crippen LogP contribution in [0.5, 0.6) is 0 Å². The van der Waals surface area contributed by atoms with Crippen molar-refractivity contribution < 1.29 is 0 Å². The van der Waals surface area contributed by atoms with Gasteiger partial charge in [0, 0.05) is 66.5 Å². The molecule has 28 heavy (non-hydrogen) atoms. The Hall–Kier alpha value is 1.74. The Labute approximate surface area is 191 Å². The van der Waals surface area contributed by atoms with Crippen LogP contribution in [0.2, 0.25) is 126 Å². The van der Waals surface area contributed by atoms with Gasteiger partial charge in [-0.25, -0.2) is 0 Å². The van der Waals surface area contributed by atoms with E-state index in [-0.39, 0.29) is 0 Å². The molecule has 0 heterocycles. The highest BCUT2D eigenvalue weighted by molar-refractivity contribution is 7.39. The molecule has 0 N–H and O–H groups in total.